The minimum absolute atomic E-state index is 0.0126. The molecular weight excluding hydrogens is 415 g/mol. The number of halogens is 1. The predicted molar refractivity (Wildman–Crippen MR) is 116 cm³/mol. The molecule has 0 atom stereocenters. The summed E-state index contributed by atoms with van der Waals surface area (Å²) in [6.07, 6.45) is 0.171. The van der Waals surface area contributed by atoms with Crippen molar-refractivity contribution < 1.29 is 22.9 Å². The minimum atomic E-state index is -0.751. The van der Waals surface area contributed by atoms with Crippen LogP contribution >= 0.6 is 0 Å². The van der Waals surface area contributed by atoms with Crippen LogP contribution in [0.4, 0.5) is 4.39 Å². The summed E-state index contributed by atoms with van der Waals surface area (Å²) in [4.78, 5) is 28.8. The third-order valence-corrected chi connectivity index (χ3v) is 4.95. The topological polar surface area (TPSA) is 95.4 Å². The summed E-state index contributed by atoms with van der Waals surface area (Å²) in [6, 6.07) is 11.1. The number of hydrogen-bond donors (Lipinski definition) is 0. The fourth-order valence-electron chi connectivity index (χ4n) is 3.14. The first kappa shape index (κ1) is 21.4. The molecule has 4 aromatic rings. The number of benzene rings is 2. The maximum absolute atomic E-state index is 14.1. The normalized spacial score (nSPS) is 11.7. The Morgan fingerprint density at radius 2 is 1.88 bits per heavy atom. The fourth-order valence-corrected chi connectivity index (χ4v) is 3.14. The standard InChI is InChI=1S/C24H21FN2O5/c1-5-19(28)30-18-12-14(24(2,3)4)10-13-11-16(23(29)31-20(13)18)22-26-21(27-32-22)15-8-6-7-9-17(15)25/h6-12H,5H2,1-4H3. The van der Waals surface area contributed by atoms with Crippen molar-refractivity contribution in [2.75, 3.05) is 0 Å². The zero-order valence-electron chi connectivity index (χ0n) is 18.1. The van der Waals surface area contributed by atoms with Gasteiger partial charge in [-0.15, -0.1) is 0 Å². The Morgan fingerprint density at radius 3 is 2.56 bits per heavy atom. The number of carbonyl (C=O) groups is 1. The van der Waals surface area contributed by atoms with Crippen LogP contribution in [0, 0.1) is 5.82 Å². The van der Waals surface area contributed by atoms with Crippen molar-refractivity contribution in [3.63, 3.8) is 0 Å². The highest BCUT2D eigenvalue weighted by atomic mass is 19.1. The maximum atomic E-state index is 14.1. The lowest BCUT2D eigenvalue weighted by Gasteiger charge is -2.20. The van der Waals surface area contributed by atoms with Gasteiger partial charge in [0.05, 0.1) is 5.56 Å². The molecular formula is C24H21FN2O5. The number of nitrogens with zero attached hydrogens (tertiary/aromatic N) is 2. The minimum Gasteiger partial charge on any atom is -0.422 e. The molecule has 8 heteroatoms. The molecule has 2 aromatic carbocycles. The van der Waals surface area contributed by atoms with E-state index in [1.54, 1.807) is 31.2 Å². The largest absolute Gasteiger partial charge is 0.422 e. The molecule has 164 valence electrons. The molecule has 0 radical (unpaired) electrons. The number of ether oxygens (including phenoxy) is 1. The molecule has 2 heterocycles. The fraction of sp³-hybridized carbons (Fsp3) is 0.250. The van der Waals surface area contributed by atoms with Crippen molar-refractivity contribution in [2.45, 2.75) is 39.5 Å². The zero-order valence-corrected chi connectivity index (χ0v) is 18.1. The van der Waals surface area contributed by atoms with Crippen molar-refractivity contribution in [1.82, 2.24) is 10.1 Å². The summed E-state index contributed by atoms with van der Waals surface area (Å²) in [5.74, 6) is -0.885. The van der Waals surface area contributed by atoms with Crippen molar-refractivity contribution in [3.8, 4) is 28.6 Å². The van der Waals surface area contributed by atoms with Gasteiger partial charge in [-0.25, -0.2) is 9.18 Å². The predicted octanol–water partition coefficient (Wildman–Crippen LogP) is 5.26. The second kappa shape index (κ2) is 8.03. The van der Waals surface area contributed by atoms with E-state index in [1.807, 2.05) is 26.8 Å². The first-order valence-electron chi connectivity index (χ1n) is 10.1. The number of hydrogen-bond acceptors (Lipinski definition) is 7. The van der Waals surface area contributed by atoms with Crippen LogP contribution in [0.15, 0.2) is 56.2 Å². The Morgan fingerprint density at radius 1 is 1.12 bits per heavy atom. The highest BCUT2D eigenvalue weighted by Crippen LogP contribution is 2.34. The SMILES string of the molecule is CCC(=O)Oc1cc(C(C)(C)C)cc2cc(-c3nc(-c4ccccc4F)no3)c(=O)oc12. The number of esters is 1. The number of fused-ring (bicyclic) bond motifs is 1. The highest BCUT2D eigenvalue weighted by molar-refractivity contribution is 5.88. The Kier molecular flexibility index (Phi) is 5.38. The van der Waals surface area contributed by atoms with Crippen LogP contribution in [0.3, 0.4) is 0 Å². The van der Waals surface area contributed by atoms with Gasteiger partial charge in [0.2, 0.25) is 5.82 Å². The molecule has 0 bridgehead atoms. The summed E-state index contributed by atoms with van der Waals surface area (Å²) in [5, 5.41) is 4.32. The third kappa shape index (κ3) is 4.03. The molecule has 0 amide bonds. The van der Waals surface area contributed by atoms with Gasteiger partial charge in [0, 0.05) is 11.8 Å². The van der Waals surface area contributed by atoms with E-state index in [1.165, 1.54) is 12.1 Å². The molecule has 0 fully saturated rings. The summed E-state index contributed by atoms with van der Waals surface area (Å²) < 4.78 is 30.2. The molecule has 0 N–H and O–H groups in total. The van der Waals surface area contributed by atoms with Crippen LogP contribution < -0.4 is 10.4 Å². The molecule has 0 aliphatic heterocycles. The van der Waals surface area contributed by atoms with E-state index >= 15 is 0 Å². The Bertz CT molecular complexity index is 1380. The maximum Gasteiger partial charge on any atom is 0.349 e. The van der Waals surface area contributed by atoms with Gasteiger partial charge in [-0.2, -0.15) is 4.98 Å². The van der Waals surface area contributed by atoms with E-state index in [2.05, 4.69) is 10.1 Å². The lowest BCUT2D eigenvalue weighted by molar-refractivity contribution is -0.133. The molecule has 0 aliphatic carbocycles. The van der Waals surface area contributed by atoms with Crippen LogP contribution in [0.2, 0.25) is 0 Å². The lowest BCUT2D eigenvalue weighted by atomic mass is 9.86. The Labute approximate surface area is 182 Å². The van der Waals surface area contributed by atoms with Gasteiger partial charge in [-0.05, 0) is 41.3 Å². The molecule has 7 nitrogen and oxygen atoms in total. The summed E-state index contributed by atoms with van der Waals surface area (Å²) in [6.45, 7) is 7.71. The van der Waals surface area contributed by atoms with Crippen LogP contribution in [0.1, 0.15) is 39.7 Å². The average molecular weight is 436 g/mol. The summed E-state index contributed by atoms with van der Waals surface area (Å²) >= 11 is 0. The quantitative estimate of drug-likeness (QED) is 0.244. The molecule has 32 heavy (non-hydrogen) atoms. The molecule has 2 aromatic heterocycles. The molecule has 4 rings (SSSR count). The highest BCUT2D eigenvalue weighted by Gasteiger charge is 2.22. The van der Waals surface area contributed by atoms with Gasteiger partial charge in [-0.3, -0.25) is 4.79 Å². The zero-order chi connectivity index (χ0) is 23.0. The first-order valence-corrected chi connectivity index (χ1v) is 10.1. The number of aromatic nitrogens is 2. The summed E-state index contributed by atoms with van der Waals surface area (Å²) in [7, 11) is 0. The van der Waals surface area contributed by atoms with Crippen molar-refractivity contribution in [2.24, 2.45) is 0 Å². The van der Waals surface area contributed by atoms with Crippen molar-refractivity contribution in [3.05, 3.63) is 64.3 Å². The van der Waals surface area contributed by atoms with E-state index in [0.717, 1.165) is 5.56 Å². The molecule has 0 saturated carbocycles. The van der Waals surface area contributed by atoms with Gasteiger partial charge >= 0.3 is 11.6 Å². The van der Waals surface area contributed by atoms with Gasteiger partial charge in [0.1, 0.15) is 11.4 Å². The van der Waals surface area contributed by atoms with Gasteiger partial charge < -0.3 is 13.7 Å². The van der Waals surface area contributed by atoms with Crippen LogP contribution in [-0.4, -0.2) is 16.1 Å². The molecule has 0 spiro atoms. The Balaban J connectivity index is 1.87. The third-order valence-electron chi connectivity index (χ3n) is 4.95. The van der Waals surface area contributed by atoms with Gasteiger partial charge in [0.15, 0.2) is 11.3 Å². The van der Waals surface area contributed by atoms with Crippen molar-refractivity contribution >= 4 is 16.9 Å². The van der Waals surface area contributed by atoms with E-state index < -0.39 is 17.4 Å². The van der Waals surface area contributed by atoms with Crippen LogP contribution in [-0.2, 0) is 10.2 Å². The number of carbonyl (C=O) groups excluding carboxylic acids is 1. The van der Waals surface area contributed by atoms with Crippen molar-refractivity contribution in [1.29, 1.82) is 0 Å². The van der Waals surface area contributed by atoms with Gasteiger partial charge in [0.25, 0.3) is 5.89 Å². The van der Waals surface area contributed by atoms with E-state index in [0.29, 0.717) is 5.39 Å². The number of rotatable bonds is 4. The Hall–Kier alpha value is -3.81. The first-order chi connectivity index (χ1) is 15.2. The van der Waals surface area contributed by atoms with E-state index in [4.69, 9.17) is 13.7 Å². The second-order valence-corrected chi connectivity index (χ2v) is 8.32. The molecule has 0 saturated heterocycles. The van der Waals surface area contributed by atoms with E-state index in [9.17, 15) is 14.0 Å². The average Bonchev–Trinajstić information content (AvgIpc) is 3.22. The van der Waals surface area contributed by atoms with Crippen LogP contribution in [0.25, 0.3) is 33.8 Å². The monoisotopic (exact) mass is 436 g/mol. The molecule has 0 aliphatic rings. The summed E-state index contributed by atoms with van der Waals surface area (Å²) in [5.41, 5.74) is 0.172. The second-order valence-electron chi connectivity index (χ2n) is 8.32. The lowest BCUT2D eigenvalue weighted by Crippen LogP contribution is -2.13. The van der Waals surface area contributed by atoms with Gasteiger partial charge in [-0.1, -0.05) is 45.0 Å². The van der Waals surface area contributed by atoms with Crippen LogP contribution in [0.5, 0.6) is 5.75 Å². The smallest absolute Gasteiger partial charge is 0.349 e. The molecule has 0 unspecified atom stereocenters. The van der Waals surface area contributed by atoms with E-state index in [-0.39, 0.29) is 46.0 Å².